The van der Waals surface area contributed by atoms with E-state index in [-0.39, 0.29) is 28.8 Å². The number of pyridine rings is 4. The molecule has 11 nitrogen and oxygen atoms in total. The number of anilines is 1. The maximum absolute atomic E-state index is 13.0. The van der Waals surface area contributed by atoms with E-state index < -0.39 is 15.7 Å². The number of carbonyl (C=O) groups excluding carboxylic acids is 2. The predicted molar refractivity (Wildman–Crippen MR) is 162 cm³/mol. The van der Waals surface area contributed by atoms with Crippen LogP contribution in [0.1, 0.15) is 29.9 Å². The summed E-state index contributed by atoms with van der Waals surface area (Å²) in [5.41, 5.74) is 2.89. The molecule has 6 heterocycles. The molecule has 0 unspecified atom stereocenters. The van der Waals surface area contributed by atoms with Crippen molar-refractivity contribution in [3.05, 3.63) is 72.3 Å². The van der Waals surface area contributed by atoms with E-state index in [0.717, 1.165) is 42.8 Å². The number of amides is 2. The summed E-state index contributed by atoms with van der Waals surface area (Å²) < 4.78 is 23.6. The van der Waals surface area contributed by atoms with Crippen LogP contribution < -0.4 is 10.2 Å². The van der Waals surface area contributed by atoms with E-state index in [1.165, 1.54) is 18.5 Å². The summed E-state index contributed by atoms with van der Waals surface area (Å²) in [5, 5.41) is 3.61. The van der Waals surface area contributed by atoms with E-state index in [2.05, 4.69) is 34.0 Å². The Labute approximate surface area is 250 Å². The molecule has 2 aliphatic rings. The fourth-order valence-electron chi connectivity index (χ4n) is 5.79. The molecule has 6 rings (SSSR count). The van der Waals surface area contributed by atoms with E-state index in [1.54, 1.807) is 6.20 Å². The number of aromatic nitrogens is 4. The van der Waals surface area contributed by atoms with Crippen LogP contribution in [-0.2, 0) is 21.2 Å². The van der Waals surface area contributed by atoms with E-state index in [9.17, 15) is 18.0 Å². The zero-order valence-corrected chi connectivity index (χ0v) is 25.1. The van der Waals surface area contributed by atoms with Crippen LogP contribution in [0, 0.1) is 17.8 Å². The molecule has 0 aromatic carbocycles. The summed E-state index contributed by atoms with van der Waals surface area (Å²) in [6.45, 7) is 7.52. The standard InChI is InChI=1S/C31H33N7O4S/c1-19(2)15-38-17-22-16-37(18-25(22)31(38)40)29-6-4-5-26(36-29)27-8-7-20-12-33-23(10-28(20)35-27)13-34-30(39)21-9-24(14-32-11-21)43(3,41)42/h4-12,14,19,22,25H,13,15-18H2,1-3H3,(H,34,39)/t22-,25-/m0/s1. The topological polar surface area (TPSA) is 138 Å². The van der Waals surface area contributed by atoms with E-state index >= 15 is 0 Å². The predicted octanol–water partition coefficient (Wildman–Crippen LogP) is 2.97. The number of sulfone groups is 1. The molecule has 43 heavy (non-hydrogen) atoms. The van der Waals surface area contributed by atoms with Crippen molar-refractivity contribution in [1.29, 1.82) is 0 Å². The first kappa shape index (κ1) is 28.7. The molecule has 4 aromatic heterocycles. The zero-order chi connectivity index (χ0) is 30.3. The quantitative estimate of drug-likeness (QED) is 0.324. The van der Waals surface area contributed by atoms with Crippen LogP contribution in [0.3, 0.4) is 0 Å². The van der Waals surface area contributed by atoms with Gasteiger partial charge in [-0.3, -0.25) is 19.6 Å². The molecule has 222 valence electrons. The Bertz CT molecular complexity index is 1830. The van der Waals surface area contributed by atoms with Crippen molar-refractivity contribution in [3.63, 3.8) is 0 Å². The lowest BCUT2D eigenvalue weighted by atomic mass is 10.0. The Balaban J connectivity index is 1.15. The van der Waals surface area contributed by atoms with Crippen LogP contribution in [0.2, 0.25) is 0 Å². The molecule has 0 aliphatic carbocycles. The largest absolute Gasteiger partial charge is 0.355 e. The normalized spacial score (nSPS) is 18.5. The third-order valence-corrected chi connectivity index (χ3v) is 8.97. The average molecular weight is 600 g/mol. The number of carbonyl (C=O) groups is 2. The van der Waals surface area contributed by atoms with Gasteiger partial charge in [0.25, 0.3) is 5.91 Å². The van der Waals surface area contributed by atoms with E-state index in [0.29, 0.717) is 35.3 Å². The molecule has 0 saturated carbocycles. The van der Waals surface area contributed by atoms with Crippen molar-refractivity contribution in [2.75, 3.05) is 37.3 Å². The highest BCUT2D eigenvalue weighted by atomic mass is 32.2. The lowest BCUT2D eigenvalue weighted by Gasteiger charge is -2.24. The third-order valence-electron chi connectivity index (χ3n) is 7.89. The van der Waals surface area contributed by atoms with Gasteiger partial charge in [-0.2, -0.15) is 0 Å². The molecular weight excluding hydrogens is 566 g/mol. The number of nitrogens with one attached hydrogen (secondary N) is 1. The van der Waals surface area contributed by atoms with Crippen molar-refractivity contribution in [1.82, 2.24) is 30.2 Å². The van der Waals surface area contributed by atoms with Crippen molar-refractivity contribution >= 4 is 38.4 Å². The van der Waals surface area contributed by atoms with Crippen LogP contribution in [0.5, 0.6) is 0 Å². The number of hydrogen-bond donors (Lipinski definition) is 1. The van der Waals surface area contributed by atoms with E-state index in [1.807, 2.05) is 41.3 Å². The second-order valence-corrected chi connectivity index (χ2v) is 13.7. The van der Waals surface area contributed by atoms with Gasteiger partial charge in [-0.25, -0.2) is 18.4 Å². The fraction of sp³-hybridized carbons (Fsp3) is 0.355. The molecular formula is C31H33N7O4S. The van der Waals surface area contributed by atoms with Crippen molar-refractivity contribution in [2.45, 2.75) is 25.3 Å². The van der Waals surface area contributed by atoms with Crippen molar-refractivity contribution in [3.8, 4) is 11.4 Å². The summed E-state index contributed by atoms with van der Waals surface area (Å²) in [5.74, 6) is 1.44. The highest BCUT2D eigenvalue weighted by molar-refractivity contribution is 7.90. The van der Waals surface area contributed by atoms with Gasteiger partial charge < -0.3 is 15.1 Å². The molecule has 1 N–H and O–H groups in total. The van der Waals surface area contributed by atoms with Gasteiger partial charge in [-0.1, -0.05) is 19.9 Å². The third kappa shape index (κ3) is 6.05. The van der Waals surface area contributed by atoms with Crippen LogP contribution in [0.25, 0.3) is 22.3 Å². The highest BCUT2D eigenvalue weighted by Gasteiger charge is 2.46. The van der Waals surface area contributed by atoms with Gasteiger partial charge in [0.2, 0.25) is 5.91 Å². The summed E-state index contributed by atoms with van der Waals surface area (Å²) in [6.07, 6.45) is 5.30. The SMILES string of the molecule is CC(C)CN1C[C@@H]2CN(c3cccc(-c4ccc5cnc(CNC(=O)c6cncc(S(C)(=O)=O)c6)cc5n4)n3)C[C@@H]2C1=O. The molecule has 2 fully saturated rings. The highest BCUT2D eigenvalue weighted by Crippen LogP contribution is 2.35. The Kier molecular flexibility index (Phi) is 7.55. The molecule has 2 amide bonds. The minimum atomic E-state index is -3.48. The summed E-state index contributed by atoms with van der Waals surface area (Å²) in [6, 6.07) is 12.8. The zero-order valence-electron chi connectivity index (χ0n) is 24.3. The van der Waals surface area contributed by atoms with E-state index in [4.69, 9.17) is 9.97 Å². The Morgan fingerprint density at radius 2 is 1.84 bits per heavy atom. The molecule has 0 radical (unpaired) electrons. The Hall–Kier alpha value is -4.45. The maximum atomic E-state index is 13.0. The Morgan fingerprint density at radius 1 is 1.02 bits per heavy atom. The van der Waals surface area contributed by atoms with Gasteiger partial charge in [0, 0.05) is 62.3 Å². The van der Waals surface area contributed by atoms with Gasteiger partial charge in [-0.15, -0.1) is 0 Å². The smallest absolute Gasteiger partial charge is 0.253 e. The second kappa shape index (κ2) is 11.3. The molecule has 2 atom stereocenters. The summed E-state index contributed by atoms with van der Waals surface area (Å²) in [7, 11) is -3.48. The summed E-state index contributed by atoms with van der Waals surface area (Å²) in [4.78, 5) is 47.9. The lowest BCUT2D eigenvalue weighted by molar-refractivity contribution is -0.131. The average Bonchev–Trinajstić information content (AvgIpc) is 3.53. The van der Waals surface area contributed by atoms with Crippen molar-refractivity contribution < 1.29 is 18.0 Å². The minimum absolute atomic E-state index is 0.0206. The first-order chi connectivity index (χ1) is 20.5. The van der Waals surface area contributed by atoms with Gasteiger partial charge in [0.05, 0.1) is 45.5 Å². The number of nitrogens with zero attached hydrogens (tertiary/aromatic N) is 6. The van der Waals surface area contributed by atoms with Crippen LogP contribution in [-0.4, -0.2) is 77.5 Å². The molecule has 0 spiro atoms. The summed E-state index contributed by atoms with van der Waals surface area (Å²) >= 11 is 0. The number of hydrogen-bond acceptors (Lipinski definition) is 9. The van der Waals surface area contributed by atoms with Gasteiger partial charge in [0.15, 0.2) is 9.84 Å². The molecule has 12 heteroatoms. The first-order valence-electron chi connectivity index (χ1n) is 14.3. The van der Waals surface area contributed by atoms with Crippen LogP contribution in [0.4, 0.5) is 5.82 Å². The molecule has 4 aromatic rings. The molecule has 2 aliphatic heterocycles. The van der Waals surface area contributed by atoms with Crippen LogP contribution >= 0.6 is 0 Å². The number of rotatable bonds is 8. The number of fused-ring (bicyclic) bond motifs is 2. The van der Waals surface area contributed by atoms with Gasteiger partial charge in [-0.05, 0) is 42.3 Å². The second-order valence-electron chi connectivity index (χ2n) is 11.7. The fourth-order valence-corrected chi connectivity index (χ4v) is 6.39. The number of likely N-dealkylation sites (tertiary alicyclic amines) is 1. The monoisotopic (exact) mass is 599 g/mol. The molecule has 2 saturated heterocycles. The minimum Gasteiger partial charge on any atom is -0.355 e. The van der Waals surface area contributed by atoms with Gasteiger partial charge in [0.1, 0.15) is 5.82 Å². The van der Waals surface area contributed by atoms with Crippen LogP contribution in [0.15, 0.2) is 66.0 Å². The maximum Gasteiger partial charge on any atom is 0.253 e. The lowest BCUT2D eigenvalue weighted by Crippen LogP contribution is -2.35. The first-order valence-corrected chi connectivity index (χ1v) is 16.1. The van der Waals surface area contributed by atoms with Crippen molar-refractivity contribution in [2.24, 2.45) is 17.8 Å². The molecule has 0 bridgehead atoms. The van der Waals surface area contributed by atoms with Gasteiger partial charge >= 0.3 is 0 Å². The Morgan fingerprint density at radius 3 is 2.60 bits per heavy atom.